The first-order chi connectivity index (χ1) is 11.2. The minimum Gasteiger partial charge on any atom is -0.382 e. The second-order valence-corrected chi connectivity index (χ2v) is 7.37. The molecule has 0 saturated carbocycles. The number of ether oxygens (including phenoxy) is 2. The monoisotopic (exact) mass is 328 g/mol. The molecule has 2 heteroatoms. The Morgan fingerprint density at radius 2 is 1.22 bits per heavy atom. The fraction of sp³-hybridized carbons (Fsp3) is 1.00. The Balaban J connectivity index is 3.47. The molecule has 1 atom stereocenters. The van der Waals surface area contributed by atoms with Crippen molar-refractivity contribution < 1.29 is 9.47 Å². The van der Waals surface area contributed by atoms with Gasteiger partial charge in [0.2, 0.25) is 0 Å². The van der Waals surface area contributed by atoms with Gasteiger partial charge in [-0.2, -0.15) is 0 Å². The van der Waals surface area contributed by atoms with Gasteiger partial charge in [0.15, 0.2) is 0 Å². The molecule has 0 saturated heterocycles. The Morgan fingerprint density at radius 3 is 1.78 bits per heavy atom. The fourth-order valence-electron chi connectivity index (χ4n) is 3.11. The maximum Gasteiger partial charge on any atom is 0.0488 e. The summed E-state index contributed by atoms with van der Waals surface area (Å²) in [5, 5.41) is 0. The molecule has 0 aromatic carbocycles. The molecule has 0 aromatic heterocycles. The molecular formula is C21H44O2. The van der Waals surface area contributed by atoms with Crippen molar-refractivity contribution in [1.29, 1.82) is 0 Å². The quantitative estimate of drug-likeness (QED) is 0.263. The topological polar surface area (TPSA) is 18.5 Å². The second kappa shape index (κ2) is 18.3. The molecule has 0 amide bonds. The van der Waals surface area contributed by atoms with Crippen molar-refractivity contribution in [2.45, 2.75) is 98.3 Å². The van der Waals surface area contributed by atoms with Crippen molar-refractivity contribution in [1.82, 2.24) is 0 Å². The van der Waals surface area contributed by atoms with Crippen LogP contribution in [0.4, 0.5) is 0 Å². The predicted molar refractivity (Wildman–Crippen MR) is 102 cm³/mol. The highest BCUT2D eigenvalue weighted by Gasteiger charge is 2.07. The van der Waals surface area contributed by atoms with Crippen LogP contribution in [0.5, 0.6) is 0 Å². The van der Waals surface area contributed by atoms with Gasteiger partial charge in [0, 0.05) is 26.4 Å². The number of rotatable bonds is 18. The van der Waals surface area contributed by atoms with Crippen LogP contribution in [0.2, 0.25) is 0 Å². The molecule has 2 nitrogen and oxygen atoms in total. The van der Waals surface area contributed by atoms with E-state index in [4.69, 9.17) is 9.47 Å². The number of hydrogen-bond acceptors (Lipinski definition) is 2. The van der Waals surface area contributed by atoms with Gasteiger partial charge in [-0.25, -0.2) is 0 Å². The highest BCUT2D eigenvalue weighted by Crippen LogP contribution is 2.22. The Kier molecular flexibility index (Phi) is 18.2. The van der Waals surface area contributed by atoms with Crippen molar-refractivity contribution in [3.63, 3.8) is 0 Å². The number of unbranched alkanes of at least 4 members (excludes halogenated alkanes) is 5. The van der Waals surface area contributed by atoms with Gasteiger partial charge < -0.3 is 9.47 Å². The molecule has 0 fully saturated rings. The van der Waals surface area contributed by atoms with Crippen LogP contribution in [-0.4, -0.2) is 26.4 Å². The van der Waals surface area contributed by atoms with E-state index < -0.39 is 0 Å². The Labute approximate surface area is 146 Å². The molecule has 0 aromatic rings. The van der Waals surface area contributed by atoms with Crippen molar-refractivity contribution in [2.24, 2.45) is 11.8 Å². The molecule has 0 rings (SSSR count). The molecular weight excluding hydrogens is 284 g/mol. The summed E-state index contributed by atoms with van der Waals surface area (Å²) in [7, 11) is 0. The van der Waals surface area contributed by atoms with Crippen molar-refractivity contribution >= 4 is 0 Å². The zero-order valence-electron chi connectivity index (χ0n) is 16.6. The van der Waals surface area contributed by atoms with Gasteiger partial charge in [0.05, 0.1) is 0 Å². The lowest BCUT2D eigenvalue weighted by atomic mass is 9.91. The third-order valence-electron chi connectivity index (χ3n) is 4.40. The number of hydrogen-bond donors (Lipinski definition) is 0. The fourth-order valence-corrected chi connectivity index (χ4v) is 3.11. The summed E-state index contributed by atoms with van der Waals surface area (Å²) in [5.74, 6) is 1.63. The van der Waals surface area contributed by atoms with Gasteiger partial charge in [-0.05, 0) is 31.6 Å². The van der Waals surface area contributed by atoms with E-state index in [2.05, 4.69) is 27.7 Å². The van der Waals surface area contributed by atoms with E-state index in [1.54, 1.807) is 0 Å². The van der Waals surface area contributed by atoms with Crippen molar-refractivity contribution in [2.75, 3.05) is 26.4 Å². The lowest BCUT2D eigenvalue weighted by molar-refractivity contribution is 0.106. The van der Waals surface area contributed by atoms with Gasteiger partial charge in [0.25, 0.3) is 0 Å². The van der Waals surface area contributed by atoms with Gasteiger partial charge in [-0.1, -0.05) is 78.6 Å². The molecule has 0 radical (unpaired) electrons. The summed E-state index contributed by atoms with van der Waals surface area (Å²) >= 11 is 0. The first kappa shape index (κ1) is 22.9. The minimum absolute atomic E-state index is 0.664. The molecule has 0 spiro atoms. The van der Waals surface area contributed by atoms with E-state index in [0.717, 1.165) is 32.3 Å². The average Bonchev–Trinajstić information content (AvgIpc) is 2.52. The zero-order chi connectivity index (χ0) is 17.2. The van der Waals surface area contributed by atoms with Crippen LogP contribution in [0.25, 0.3) is 0 Å². The maximum absolute atomic E-state index is 5.66. The van der Waals surface area contributed by atoms with E-state index in [-0.39, 0.29) is 0 Å². The second-order valence-electron chi connectivity index (χ2n) is 7.37. The molecule has 1 unspecified atom stereocenters. The molecule has 0 heterocycles. The van der Waals surface area contributed by atoms with Crippen LogP contribution < -0.4 is 0 Å². The molecule has 0 bridgehead atoms. The first-order valence-electron chi connectivity index (χ1n) is 10.4. The van der Waals surface area contributed by atoms with Gasteiger partial charge >= 0.3 is 0 Å². The van der Waals surface area contributed by atoms with Gasteiger partial charge in [-0.3, -0.25) is 0 Å². The van der Waals surface area contributed by atoms with E-state index in [1.165, 1.54) is 70.6 Å². The standard InChI is InChI=1S/C21H44O2/c1-5-14-21(15-10-7-8-12-17-22-6-2)16-11-9-13-18-23-19-20(3)4/h20-21H,5-19H2,1-4H3. The van der Waals surface area contributed by atoms with Gasteiger partial charge in [-0.15, -0.1) is 0 Å². The van der Waals surface area contributed by atoms with E-state index in [0.29, 0.717) is 5.92 Å². The predicted octanol–water partition coefficient (Wildman–Crippen LogP) is 6.62. The van der Waals surface area contributed by atoms with Gasteiger partial charge in [0.1, 0.15) is 0 Å². The molecule has 23 heavy (non-hydrogen) atoms. The van der Waals surface area contributed by atoms with Crippen molar-refractivity contribution in [3.8, 4) is 0 Å². The van der Waals surface area contributed by atoms with Crippen LogP contribution in [0, 0.1) is 11.8 Å². The van der Waals surface area contributed by atoms with E-state index in [1.807, 2.05) is 0 Å². The normalized spacial score (nSPS) is 12.9. The highest BCUT2D eigenvalue weighted by molar-refractivity contribution is 4.60. The smallest absolute Gasteiger partial charge is 0.0488 e. The summed E-state index contributed by atoms with van der Waals surface area (Å²) in [5.41, 5.74) is 0. The summed E-state index contributed by atoms with van der Waals surface area (Å²) in [4.78, 5) is 0. The first-order valence-corrected chi connectivity index (χ1v) is 10.4. The third kappa shape index (κ3) is 18.1. The lowest BCUT2D eigenvalue weighted by Gasteiger charge is -2.16. The van der Waals surface area contributed by atoms with E-state index >= 15 is 0 Å². The zero-order valence-corrected chi connectivity index (χ0v) is 16.6. The lowest BCUT2D eigenvalue weighted by Crippen LogP contribution is -2.04. The summed E-state index contributed by atoms with van der Waals surface area (Å²) in [6.07, 6.45) is 15.0. The minimum atomic E-state index is 0.664. The van der Waals surface area contributed by atoms with Crippen LogP contribution in [0.1, 0.15) is 98.3 Å². The third-order valence-corrected chi connectivity index (χ3v) is 4.40. The Bertz CT molecular complexity index is 216. The van der Waals surface area contributed by atoms with Crippen LogP contribution >= 0.6 is 0 Å². The molecule has 140 valence electrons. The Hall–Kier alpha value is -0.0800. The molecule has 0 aliphatic rings. The molecule has 0 aliphatic heterocycles. The van der Waals surface area contributed by atoms with E-state index in [9.17, 15) is 0 Å². The van der Waals surface area contributed by atoms with Crippen molar-refractivity contribution in [3.05, 3.63) is 0 Å². The van der Waals surface area contributed by atoms with Crippen LogP contribution in [-0.2, 0) is 9.47 Å². The SMILES string of the molecule is CCCC(CCCCCCOCC)CCCCCOCC(C)C. The van der Waals surface area contributed by atoms with Crippen LogP contribution in [0.3, 0.4) is 0 Å². The maximum atomic E-state index is 5.66. The Morgan fingerprint density at radius 1 is 0.652 bits per heavy atom. The van der Waals surface area contributed by atoms with Crippen LogP contribution in [0.15, 0.2) is 0 Å². The summed E-state index contributed by atoms with van der Waals surface area (Å²) in [6.45, 7) is 12.5. The average molecular weight is 329 g/mol. The molecule has 0 N–H and O–H groups in total. The summed E-state index contributed by atoms with van der Waals surface area (Å²) < 4.78 is 11.1. The largest absolute Gasteiger partial charge is 0.382 e. The highest BCUT2D eigenvalue weighted by atomic mass is 16.5. The molecule has 0 aliphatic carbocycles. The summed E-state index contributed by atoms with van der Waals surface area (Å²) in [6, 6.07) is 0.